The summed E-state index contributed by atoms with van der Waals surface area (Å²) in [6.07, 6.45) is -3.89. The van der Waals surface area contributed by atoms with Gasteiger partial charge in [0.15, 0.2) is 0 Å². The highest BCUT2D eigenvalue weighted by Gasteiger charge is 2.51. The minimum absolute atomic E-state index is 0.0220. The van der Waals surface area contributed by atoms with Crippen molar-refractivity contribution in [2.24, 2.45) is 17.8 Å². The highest BCUT2D eigenvalue weighted by Crippen LogP contribution is 2.50. The van der Waals surface area contributed by atoms with Gasteiger partial charge in [-0.1, -0.05) is 6.58 Å². The summed E-state index contributed by atoms with van der Waals surface area (Å²) in [6.45, 7) is 2.70. The Balaban J connectivity index is 1.92. The average molecular weight is 291 g/mol. The first-order valence-electron chi connectivity index (χ1n) is 6.17. The summed E-state index contributed by atoms with van der Waals surface area (Å²) in [5.74, 6) is -2.27. The van der Waals surface area contributed by atoms with E-state index >= 15 is 0 Å². The van der Waals surface area contributed by atoms with E-state index in [4.69, 9.17) is 4.74 Å². The van der Waals surface area contributed by atoms with Crippen LogP contribution in [0, 0.1) is 24.9 Å². The Morgan fingerprint density at radius 2 is 1.75 bits per heavy atom. The topological polar surface area (TPSA) is 52.6 Å². The van der Waals surface area contributed by atoms with Gasteiger partial charge in [-0.15, -0.1) is 0 Å². The predicted molar refractivity (Wildman–Crippen MR) is 60.8 cm³/mol. The van der Waals surface area contributed by atoms with Crippen LogP contribution in [-0.2, 0) is 19.1 Å². The Morgan fingerprint density at radius 1 is 1.10 bits per heavy atom. The van der Waals surface area contributed by atoms with Crippen LogP contribution in [0.4, 0.5) is 13.2 Å². The second-order valence-electron chi connectivity index (χ2n) is 5.22. The predicted octanol–water partition coefficient (Wildman–Crippen LogP) is 2.40. The molecule has 2 fully saturated rings. The van der Waals surface area contributed by atoms with Gasteiger partial charge in [-0.05, 0) is 31.1 Å². The number of hydrogen-bond donors (Lipinski definition) is 0. The summed E-state index contributed by atoms with van der Waals surface area (Å²) in [6, 6.07) is 0. The lowest BCUT2D eigenvalue weighted by atomic mass is 9.87. The number of carbonyl (C=O) groups is 2. The maximum atomic E-state index is 12.3. The van der Waals surface area contributed by atoms with Crippen LogP contribution in [0.1, 0.15) is 19.3 Å². The summed E-state index contributed by atoms with van der Waals surface area (Å²) in [5.41, 5.74) is -1.51. The lowest BCUT2D eigenvalue weighted by Crippen LogP contribution is -2.32. The van der Waals surface area contributed by atoms with Crippen LogP contribution in [0.25, 0.3) is 0 Å². The van der Waals surface area contributed by atoms with Gasteiger partial charge in [0.1, 0.15) is 18.8 Å². The quantitative estimate of drug-likeness (QED) is 0.592. The van der Waals surface area contributed by atoms with Crippen LogP contribution in [-0.4, -0.2) is 24.2 Å². The molecule has 2 rings (SSSR count). The second-order valence-corrected chi connectivity index (χ2v) is 5.22. The van der Waals surface area contributed by atoms with Crippen molar-refractivity contribution in [1.29, 1.82) is 0 Å². The Kier molecular flexibility index (Phi) is 3.80. The zero-order valence-electron chi connectivity index (χ0n) is 10.6. The Morgan fingerprint density at radius 3 is 2.20 bits per heavy atom. The molecule has 2 aliphatic carbocycles. The SMILES string of the molecule is [CH2]OC(=O)C1CC2CC1CC2OC(=O)C(=C)C(F)(F)F. The van der Waals surface area contributed by atoms with Gasteiger partial charge in [-0.2, -0.15) is 13.2 Å². The van der Waals surface area contributed by atoms with Crippen molar-refractivity contribution in [1.82, 2.24) is 0 Å². The summed E-state index contributed by atoms with van der Waals surface area (Å²) >= 11 is 0. The van der Waals surface area contributed by atoms with Crippen molar-refractivity contribution in [3.63, 3.8) is 0 Å². The Bertz CT molecular complexity index is 443. The van der Waals surface area contributed by atoms with Crippen LogP contribution in [0.2, 0.25) is 0 Å². The maximum absolute atomic E-state index is 12.3. The van der Waals surface area contributed by atoms with E-state index in [0.29, 0.717) is 19.3 Å². The molecule has 0 aromatic carbocycles. The second kappa shape index (κ2) is 5.10. The smallest absolute Gasteiger partial charge is 0.422 e. The van der Waals surface area contributed by atoms with Crippen molar-refractivity contribution in [2.45, 2.75) is 31.5 Å². The molecule has 2 aliphatic rings. The van der Waals surface area contributed by atoms with E-state index in [2.05, 4.69) is 18.4 Å². The van der Waals surface area contributed by atoms with Crippen molar-refractivity contribution >= 4 is 11.9 Å². The maximum Gasteiger partial charge on any atom is 0.422 e. The van der Waals surface area contributed by atoms with E-state index in [1.807, 2.05) is 0 Å². The van der Waals surface area contributed by atoms with E-state index in [-0.39, 0.29) is 17.8 Å². The van der Waals surface area contributed by atoms with Gasteiger partial charge in [0, 0.05) is 0 Å². The molecule has 4 atom stereocenters. The summed E-state index contributed by atoms with van der Waals surface area (Å²) in [5, 5.41) is 0. The molecule has 0 aromatic rings. The molecule has 0 aliphatic heterocycles. The van der Waals surface area contributed by atoms with Gasteiger partial charge in [-0.25, -0.2) is 4.79 Å². The third kappa shape index (κ3) is 2.66. The number of carbonyl (C=O) groups excluding carboxylic acids is 2. The van der Waals surface area contributed by atoms with E-state index < -0.39 is 29.8 Å². The molecule has 2 saturated carbocycles. The molecule has 2 bridgehead atoms. The van der Waals surface area contributed by atoms with Crippen LogP contribution < -0.4 is 0 Å². The largest absolute Gasteiger partial charge is 0.462 e. The standard InChI is InChI=1S/C13H14F3O4/c1-6(13(14,15)16)11(17)20-10-5-7-3-8(10)4-9(7)12(18)19-2/h7-10H,1-5H2. The number of halogens is 3. The molecule has 0 spiro atoms. The first-order valence-corrected chi connectivity index (χ1v) is 6.17. The monoisotopic (exact) mass is 291 g/mol. The molecule has 0 amide bonds. The number of esters is 2. The van der Waals surface area contributed by atoms with Crippen molar-refractivity contribution in [3.8, 4) is 0 Å². The summed E-state index contributed by atoms with van der Waals surface area (Å²) < 4.78 is 46.2. The van der Waals surface area contributed by atoms with Gasteiger partial charge in [0.05, 0.1) is 5.92 Å². The van der Waals surface area contributed by atoms with Crippen molar-refractivity contribution in [2.75, 3.05) is 0 Å². The van der Waals surface area contributed by atoms with Gasteiger partial charge in [0.2, 0.25) is 0 Å². The molecular weight excluding hydrogens is 277 g/mol. The highest BCUT2D eigenvalue weighted by atomic mass is 19.4. The van der Waals surface area contributed by atoms with Crippen molar-refractivity contribution in [3.05, 3.63) is 19.3 Å². The number of hydrogen-bond acceptors (Lipinski definition) is 4. The first-order chi connectivity index (χ1) is 9.24. The van der Waals surface area contributed by atoms with Crippen LogP contribution in [0.3, 0.4) is 0 Å². The molecule has 4 nitrogen and oxygen atoms in total. The molecule has 1 radical (unpaired) electrons. The number of rotatable bonds is 3. The Labute approximate surface area is 113 Å². The molecule has 111 valence electrons. The number of ether oxygens (including phenoxy) is 2. The normalized spacial score (nSPS) is 32.0. The van der Waals surface area contributed by atoms with Gasteiger partial charge in [-0.3, -0.25) is 4.79 Å². The fourth-order valence-electron chi connectivity index (χ4n) is 3.09. The van der Waals surface area contributed by atoms with Gasteiger partial charge in [0.25, 0.3) is 0 Å². The van der Waals surface area contributed by atoms with E-state index in [1.54, 1.807) is 0 Å². The fourth-order valence-corrected chi connectivity index (χ4v) is 3.09. The highest BCUT2D eigenvalue weighted by molar-refractivity contribution is 5.89. The lowest BCUT2D eigenvalue weighted by molar-refractivity contribution is -0.158. The number of fused-ring (bicyclic) bond motifs is 2. The molecule has 0 saturated heterocycles. The van der Waals surface area contributed by atoms with Crippen LogP contribution in [0.15, 0.2) is 12.2 Å². The lowest BCUT2D eigenvalue weighted by Gasteiger charge is -2.26. The first kappa shape index (κ1) is 14.9. The van der Waals surface area contributed by atoms with E-state index in [0.717, 1.165) is 0 Å². The molecule has 20 heavy (non-hydrogen) atoms. The van der Waals surface area contributed by atoms with Gasteiger partial charge >= 0.3 is 18.1 Å². The molecule has 0 heterocycles. The van der Waals surface area contributed by atoms with Crippen LogP contribution >= 0.6 is 0 Å². The minimum atomic E-state index is -4.78. The number of alkyl halides is 3. The third-order valence-electron chi connectivity index (χ3n) is 4.08. The Hall–Kier alpha value is -1.53. The van der Waals surface area contributed by atoms with Crippen LogP contribution in [0.5, 0.6) is 0 Å². The van der Waals surface area contributed by atoms with Gasteiger partial charge < -0.3 is 9.47 Å². The van der Waals surface area contributed by atoms with E-state index in [9.17, 15) is 22.8 Å². The third-order valence-corrected chi connectivity index (χ3v) is 4.08. The molecule has 7 heteroatoms. The fraction of sp³-hybridized carbons (Fsp3) is 0.615. The summed E-state index contributed by atoms with van der Waals surface area (Å²) in [4.78, 5) is 22.8. The molecule has 0 aromatic heterocycles. The summed E-state index contributed by atoms with van der Waals surface area (Å²) in [7, 11) is 3.06. The molecular formula is C13H14F3O4. The zero-order valence-corrected chi connectivity index (χ0v) is 10.6. The molecule has 0 N–H and O–H groups in total. The zero-order chi connectivity index (χ0) is 15.1. The molecule has 4 unspecified atom stereocenters. The van der Waals surface area contributed by atoms with E-state index in [1.165, 1.54) is 0 Å². The van der Waals surface area contributed by atoms with Crippen molar-refractivity contribution < 1.29 is 32.2 Å². The average Bonchev–Trinajstić information content (AvgIpc) is 2.95. The minimum Gasteiger partial charge on any atom is -0.462 e.